The number of aryl methyl sites for hydroxylation is 1. The number of nitrogens with zero attached hydrogens (tertiary/aromatic N) is 5. The van der Waals surface area contributed by atoms with Crippen LogP contribution >= 0.6 is 11.3 Å². The van der Waals surface area contributed by atoms with E-state index in [0.29, 0.717) is 24.2 Å². The molecule has 9 heteroatoms. The topological polar surface area (TPSA) is 110 Å². The Balaban J connectivity index is 1.65. The molecule has 1 aromatic carbocycles. The maximum atomic E-state index is 12.3. The van der Waals surface area contributed by atoms with Crippen molar-refractivity contribution < 1.29 is 4.79 Å². The lowest BCUT2D eigenvalue weighted by molar-refractivity contribution is 0.0954. The van der Waals surface area contributed by atoms with E-state index in [1.54, 1.807) is 12.1 Å². The van der Waals surface area contributed by atoms with Gasteiger partial charge < -0.3 is 16.0 Å². The summed E-state index contributed by atoms with van der Waals surface area (Å²) in [5.74, 6) is 0.815. The highest BCUT2D eigenvalue weighted by molar-refractivity contribution is 7.11. The van der Waals surface area contributed by atoms with Crippen LogP contribution in [-0.4, -0.2) is 46.7 Å². The number of rotatable bonds is 6. The Morgan fingerprint density at radius 1 is 1.19 bits per heavy atom. The van der Waals surface area contributed by atoms with Crippen LogP contribution in [0.2, 0.25) is 0 Å². The van der Waals surface area contributed by atoms with Crippen molar-refractivity contribution in [3.63, 3.8) is 0 Å². The highest BCUT2D eigenvalue weighted by atomic mass is 32.1. The van der Waals surface area contributed by atoms with Gasteiger partial charge in [-0.15, -0.1) is 21.5 Å². The first-order valence-electron chi connectivity index (χ1n) is 8.42. The van der Waals surface area contributed by atoms with Gasteiger partial charge in [0.1, 0.15) is 15.8 Å². The summed E-state index contributed by atoms with van der Waals surface area (Å²) in [6.45, 7) is 2.43. The van der Waals surface area contributed by atoms with Crippen LogP contribution in [0.4, 0.5) is 11.8 Å². The molecule has 0 aliphatic rings. The van der Waals surface area contributed by atoms with Crippen LogP contribution < -0.4 is 16.0 Å². The maximum absolute atomic E-state index is 12.3. The Labute approximate surface area is 161 Å². The lowest BCUT2D eigenvalue weighted by atomic mass is 10.1. The number of carbonyl (C=O) groups excluding carboxylic acids is 1. The first-order chi connectivity index (χ1) is 12.9. The van der Waals surface area contributed by atoms with Crippen LogP contribution in [0.1, 0.15) is 20.4 Å². The van der Waals surface area contributed by atoms with E-state index in [-0.39, 0.29) is 11.9 Å². The number of carbonyl (C=O) groups is 1. The molecule has 0 bridgehead atoms. The second kappa shape index (κ2) is 8.09. The molecule has 3 rings (SSSR count). The fourth-order valence-corrected chi connectivity index (χ4v) is 3.15. The predicted octanol–water partition coefficient (Wildman–Crippen LogP) is 1.92. The zero-order valence-electron chi connectivity index (χ0n) is 15.4. The van der Waals surface area contributed by atoms with Gasteiger partial charge in [-0.1, -0.05) is 12.1 Å². The summed E-state index contributed by atoms with van der Waals surface area (Å²) >= 11 is 1.54. The van der Waals surface area contributed by atoms with E-state index < -0.39 is 0 Å². The molecule has 1 amide bonds. The Morgan fingerprint density at radius 2 is 1.93 bits per heavy atom. The molecule has 8 nitrogen and oxygen atoms in total. The van der Waals surface area contributed by atoms with Gasteiger partial charge in [0.05, 0.1) is 5.69 Å². The van der Waals surface area contributed by atoms with Crippen molar-refractivity contribution in [3.8, 4) is 11.3 Å². The fourth-order valence-electron chi connectivity index (χ4n) is 2.45. The van der Waals surface area contributed by atoms with Crippen LogP contribution in [0.25, 0.3) is 11.3 Å². The molecular formula is C18H21N7OS. The minimum Gasteiger partial charge on any atom is -0.368 e. The van der Waals surface area contributed by atoms with Gasteiger partial charge in [-0.3, -0.25) is 4.79 Å². The van der Waals surface area contributed by atoms with Gasteiger partial charge in [0.25, 0.3) is 5.91 Å². The van der Waals surface area contributed by atoms with Crippen LogP contribution in [0, 0.1) is 6.92 Å². The summed E-state index contributed by atoms with van der Waals surface area (Å²) in [5.41, 5.74) is 7.96. The molecule has 0 spiro atoms. The third kappa shape index (κ3) is 4.76. The van der Waals surface area contributed by atoms with E-state index in [1.807, 2.05) is 44.1 Å². The molecule has 0 saturated carbocycles. The third-order valence-electron chi connectivity index (χ3n) is 3.82. The molecular weight excluding hydrogens is 362 g/mol. The molecule has 0 aliphatic carbocycles. The van der Waals surface area contributed by atoms with Crippen LogP contribution in [0.15, 0.2) is 30.3 Å². The molecule has 0 unspecified atom stereocenters. The predicted molar refractivity (Wildman–Crippen MR) is 107 cm³/mol. The number of hydrogen-bond acceptors (Lipinski definition) is 8. The zero-order valence-corrected chi connectivity index (χ0v) is 16.2. The Kier molecular flexibility index (Phi) is 5.60. The van der Waals surface area contributed by atoms with E-state index in [1.165, 1.54) is 11.3 Å². The molecule has 0 atom stereocenters. The number of amides is 1. The molecule has 2 heterocycles. The van der Waals surface area contributed by atoms with Crippen LogP contribution in [0.5, 0.6) is 0 Å². The van der Waals surface area contributed by atoms with E-state index in [0.717, 1.165) is 21.4 Å². The smallest absolute Gasteiger partial charge is 0.251 e. The highest BCUT2D eigenvalue weighted by Gasteiger charge is 2.09. The van der Waals surface area contributed by atoms with E-state index in [2.05, 4.69) is 25.5 Å². The molecule has 3 aromatic rings. The first-order valence-corrected chi connectivity index (χ1v) is 9.23. The van der Waals surface area contributed by atoms with Gasteiger partial charge in [-0.2, -0.15) is 4.98 Å². The maximum Gasteiger partial charge on any atom is 0.251 e. The van der Waals surface area contributed by atoms with Crippen molar-refractivity contribution in [2.75, 3.05) is 31.3 Å². The molecule has 0 radical (unpaired) electrons. The monoisotopic (exact) mass is 383 g/mol. The minimum absolute atomic E-state index is 0.126. The van der Waals surface area contributed by atoms with Crippen molar-refractivity contribution in [2.24, 2.45) is 0 Å². The van der Waals surface area contributed by atoms with Crippen molar-refractivity contribution in [1.82, 2.24) is 25.5 Å². The zero-order chi connectivity index (χ0) is 19.4. The Morgan fingerprint density at radius 3 is 2.56 bits per heavy atom. The Hall–Kier alpha value is -3.07. The number of nitrogens with two attached hydrogens (primary N) is 1. The van der Waals surface area contributed by atoms with Crippen molar-refractivity contribution in [2.45, 2.75) is 13.3 Å². The van der Waals surface area contributed by atoms with Crippen LogP contribution in [-0.2, 0) is 6.42 Å². The minimum atomic E-state index is -0.126. The second-order valence-corrected chi connectivity index (χ2v) is 7.43. The SMILES string of the molecule is Cc1nnc(CCNC(=O)c2ccc(-c3cc(N(C)C)nc(N)n3)cc2)s1. The lowest BCUT2D eigenvalue weighted by Gasteiger charge is -2.13. The highest BCUT2D eigenvalue weighted by Crippen LogP contribution is 2.22. The summed E-state index contributed by atoms with van der Waals surface area (Å²) in [7, 11) is 3.78. The van der Waals surface area contributed by atoms with E-state index in [4.69, 9.17) is 5.73 Å². The first kappa shape index (κ1) is 18.7. The standard InChI is InChI=1S/C18H21N7OS/c1-11-23-24-16(27-11)8-9-20-17(26)13-6-4-12(5-7-13)14-10-15(25(2)3)22-18(19)21-14/h4-7,10H,8-9H2,1-3H3,(H,20,26)(H2,19,21,22). The average molecular weight is 383 g/mol. The van der Waals surface area contributed by atoms with E-state index in [9.17, 15) is 4.79 Å². The quantitative estimate of drug-likeness (QED) is 0.669. The second-order valence-electron chi connectivity index (χ2n) is 6.16. The summed E-state index contributed by atoms with van der Waals surface area (Å²) in [4.78, 5) is 22.6. The van der Waals surface area contributed by atoms with Gasteiger partial charge in [-0.25, -0.2) is 4.98 Å². The molecule has 3 N–H and O–H groups in total. The van der Waals surface area contributed by atoms with Gasteiger partial charge in [0, 0.05) is 44.3 Å². The molecule has 140 valence electrons. The largest absolute Gasteiger partial charge is 0.368 e. The number of aromatic nitrogens is 4. The molecule has 2 aromatic heterocycles. The van der Waals surface area contributed by atoms with Crippen LogP contribution in [0.3, 0.4) is 0 Å². The van der Waals surface area contributed by atoms with Gasteiger partial charge in [0.2, 0.25) is 5.95 Å². The number of nitrogens with one attached hydrogen (secondary N) is 1. The molecule has 0 aliphatic heterocycles. The fraction of sp³-hybridized carbons (Fsp3) is 0.278. The Bertz CT molecular complexity index is 937. The summed E-state index contributed by atoms with van der Waals surface area (Å²) in [6.07, 6.45) is 0.669. The number of nitrogen functional groups attached to an aromatic ring is 1. The number of anilines is 2. The summed E-state index contributed by atoms with van der Waals surface area (Å²) < 4.78 is 0. The lowest BCUT2D eigenvalue weighted by Crippen LogP contribution is -2.25. The number of hydrogen-bond donors (Lipinski definition) is 2. The average Bonchev–Trinajstić information content (AvgIpc) is 3.06. The molecule has 0 saturated heterocycles. The van der Waals surface area contributed by atoms with Gasteiger partial charge in [0.15, 0.2) is 0 Å². The summed E-state index contributed by atoms with van der Waals surface area (Å²) in [5, 5.41) is 12.8. The van der Waals surface area contributed by atoms with Gasteiger partial charge in [-0.05, 0) is 19.1 Å². The summed E-state index contributed by atoms with van der Waals surface area (Å²) in [6, 6.07) is 9.10. The molecule has 0 fully saturated rings. The third-order valence-corrected chi connectivity index (χ3v) is 4.72. The van der Waals surface area contributed by atoms with Crippen molar-refractivity contribution in [1.29, 1.82) is 0 Å². The van der Waals surface area contributed by atoms with Crippen molar-refractivity contribution >= 4 is 29.0 Å². The van der Waals surface area contributed by atoms with E-state index >= 15 is 0 Å². The van der Waals surface area contributed by atoms with Gasteiger partial charge >= 0.3 is 0 Å². The number of benzene rings is 1. The van der Waals surface area contributed by atoms with Crippen molar-refractivity contribution in [3.05, 3.63) is 45.9 Å². The normalized spacial score (nSPS) is 10.6. The molecule has 27 heavy (non-hydrogen) atoms.